The minimum Gasteiger partial charge on any atom is -0.349 e. The van der Waals surface area contributed by atoms with Crippen molar-refractivity contribution < 1.29 is 4.79 Å². The molecule has 0 radical (unpaired) electrons. The normalized spacial score (nSPS) is 22.9. The number of anilines is 1. The second-order valence-electron chi connectivity index (χ2n) is 10.6. The number of benzene rings is 1. The number of aromatic nitrogens is 3. The lowest BCUT2D eigenvalue weighted by molar-refractivity contribution is 0.0930. The van der Waals surface area contributed by atoms with Crippen LogP contribution in [-0.2, 0) is 0 Å². The van der Waals surface area contributed by atoms with Crippen LogP contribution >= 0.6 is 11.3 Å². The van der Waals surface area contributed by atoms with E-state index in [2.05, 4.69) is 32.3 Å². The molecule has 0 bridgehead atoms. The highest BCUT2D eigenvalue weighted by molar-refractivity contribution is 7.24. The van der Waals surface area contributed by atoms with Crippen LogP contribution in [0.4, 0.5) is 5.95 Å². The number of nitrogens with one attached hydrogen (secondary N) is 2. The van der Waals surface area contributed by atoms with Crippen LogP contribution in [0.3, 0.4) is 0 Å². The van der Waals surface area contributed by atoms with Gasteiger partial charge in [-0.05, 0) is 56.4 Å². The second kappa shape index (κ2) is 9.04. The van der Waals surface area contributed by atoms with Crippen LogP contribution in [0.25, 0.3) is 26.1 Å². The summed E-state index contributed by atoms with van der Waals surface area (Å²) in [5.41, 5.74) is 1.42. The first-order valence-corrected chi connectivity index (χ1v) is 14.1. The van der Waals surface area contributed by atoms with Crippen molar-refractivity contribution in [2.45, 2.75) is 25.8 Å². The van der Waals surface area contributed by atoms with Crippen LogP contribution in [0.1, 0.15) is 30.1 Å². The molecular formula is C27H31N7O2S. The highest BCUT2D eigenvalue weighted by Crippen LogP contribution is 2.34. The first-order chi connectivity index (χ1) is 18.1. The van der Waals surface area contributed by atoms with Crippen LogP contribution in [0.15, 0.2) is 35.3 Å². The van der Waals surface area contributed by atoms with Crippen molar-refractivity contribution in [1.82, 2.24) is 29.9 Å². The number of hydrogen-bond donors (Lipinski definition) is 2. The summed E-state index contributed by atoms with van der Waals surface area (Å²) in [6.45, 7) is 9.17. The number of thiazole rings is 1. The third-order valence-electron chi connectivity index (χ3n) is 8.36. The monoisotopic (exact) mass is 517 g/mol. The fourth-order valence-corrected chi connectivity index (χ4v) is 7.56. The van der Waals surface area contributed by atoms with Gasteiger partial charge >= 0.3 is 0 Å². The Kier molecular flexibility index (Phi) is 5.63. The minimum absolute atomic E-state index is 0.0650. The Hall–Kier alpha value is -3.08. The van der Waals surface area contributed by atoms with Gasteiger partial charge in [-0.3, -0.25) is 14.0 Å². The smallest absolute Gasteiger partial charge is 0.258 e. The van der Waals surface area contributed by atoms with Crippen molar-refractivity contribution >= 4 is 49.3 Å². The summed E-state index contributed by atoms with van der Waals surface area (Å²) in [5.74, 6) is 1.62. The van der Waals surface area contributed by atoms with E-state index in [1.807, 2.05) is 28.7 Å². The highest BCUT2D eigenvalue weighted by Gasteiger charge is 2.40. The molecule has 6 heterocycles. The summed E-state index contributed by atoms with van der Waals surface area (Å²) >= 11 is 1.47. The van der Waals surface area contributed by atoms with Gasteiger partial charge in [0.1, 0.15) is 10.4 Å². The van der Waals surface area contributed by atoms with Crippen molar-refractivity contribution in [2.75, 3.05) is 50.7 Å². The lowest BCUT2D eigenvalue weighted by atomic mass is 10.0. The van der Waals surface area contributed by atoms with Crippen LogP contribution in [0.2, 0.25) is 0 Å². The van der Waals surface area contributed by atoms with Gasteiger partial charge in [-0.1, -0.05) is 19.1 Å². The second-order valence-corrected chi connectivity index (χ2v) is 11.6. The lowest BCUT2D eigenvalue weighted by Crippen LogP contribution is -2.44. The third kappa shape index (κ3) is 3.81. The van der Waals surface area contributed by atoms with E-state index >= 15 is 0 Å². The van der Waals surface area contributed by atoms with Gasteiger partial charge in [-0.2, -0.15) is 4.98 Å². The Labute approximate surface area is 218 Å². The quantitative estimate of drug-likeness (QED) is 0.429. The van der Waals surface area contributed by atoms with Gasteiger partial charge in [0.05, 0.1) is 15.6 Å². The van der Waals surface area contributed by atoms with Crippen molar-refractivity contribution in [3.63, 3.8) is 0 Å². The molecule has 0 spiro atoms. The molecule has 2 unspecified atom stereocenters. The van der Waals surface area contributed by atoms with Crippen molar-refractivity contribution in [3.05, 3.63) is 46.2 Å². The Balaban J connectivity index is 1.34. The van der Waals surface area contributed by atoms with Crippen molar-refractivity contribution in [3.8, 4) is 0 Å². The molecule has 10 heteroatoms. The highest BCUT2D eigenvalue weighted by atomic mass is 32.1. The zero-order valence-electron chi connectivity index (χ0n) is 20.9. The Morgan fingerprint density at radius 3 is 2.65 bits per heavy atom. The molecule has 0 aliphatic carbocycles. The van der Waals surface area contributed by atoms with Crippen LogP contribution in [-0.4, -0.2) is 77.0 Å². The number of pyridine rings is 1. The van der Waals surface area contributed by atoms with Crippen LogP contribution < -0.4 is 21.0 Å². The zero-order valence-corrected chi connectivity index (χ0v) is 21.8. The molecule has 1 amide bonds. The number of piperidine rings is 1. The van der Waals surface area contributed by atoms with E-state index < -0.39 is 0 Å². The average Bonchev–Trinajstić information content (AvgIpc) is 3.60. The number of para-hydroxylation sites is 1. The van der Waals surface area contributed by atoms with Crippen molar-refractivity contribution in [2.24, 2.45) is 11.8 Å². The maximum absolute atomic E-state index is 13.8. The van der Waals surface area contributed by atoms with E-state index in [0.717, 1.165) is 68.9 Å². The predicted octanol–water partition coefficient (Wildman–Crippen LogP) is 2.33. The standard InChI is InChI=1S/C27H31N7O2S/c1-2-32-12-16-14-33(15-17(16)13-32)27-29-11-19-23(35)22(25(36)30-18-7-9-28-10-8-18)26-34(24(19)31-27)20-5-3-4-6-21(20)37-26/h3-6,11,16-18,28H,2,7-10,12-15H2,1H3,(H,30,36). The maximum Gasteiger partial charge on any atom is 0.258 e. The molecule has 0 saturated carbocycles. The molecule has 1 aromatic carbocycles. The van der Waals surface area contributed by atoms with Gasteiger partial charge in [-0.15, -0.1) is 11.3 Å². The molecule has 37 heavy (non-hydrogen) atoms. The van der Waals surface area contributed by atoms with Gasteiger partial charge in [0.2, 0.25) is 11.4 Å². The molecule has 9 nitrogen and oxygen atoms in total. The molecular weight excluding hydrogens is 486 g/mol. The number of nitrogens with zero attached hydrogens (tertiary/aromatic N) is 5. The van der Waals surface area contributed by atoms with E-state index in [-0.39, 0.29) is 22.9 Å². The molecule has 3 aliphatic heterocycles. The molecule has 192 valence electrons. The summed E-state index contributed by atoms with van der Waals surface area (Å²) < 4.78 is 3.01. The number of hydrogen-bond acceptors (Lipinski definition) is 8. The fraction of sp³-hybridized carbons (Fsp3) is 0.481. The van der Waals surface area contributed by atoms with E-state index in [9.17, 15) is 9.59 Å². The minimum atomic E-state index is -0.306. The molecule has 2 N–H and O–H groups in total. The summed E-state index contributed by atoms with van der Waals surface area (Å²) in [4.78, 5) is 42.4. The zero-order chi connectivity index (χ0) is 25.1. The fourth-order valence-electron chi connectivity index (χ4n) is 6.37. The van der Waals surface area contributed by atoms with Crippen LogP contribution in [0, 0.1) is 11.8 Å². The molecule has 3 saturated heterocycles. The first-order valence-electron chi connectivity index (χ1n) is 13.3. The summed E-state index contributed by atoms with van der Waals surface area (Å²) in [7, 11) is 0. The van der Waals surface area contributed by atoms with Crippen molar-refractivity contribution in [1.29, 1.82) is 0 Å². The maximum atomic E-state index is 13.8. The van der Waals surface area contributed by atoms with Gasteiger partial charge in [0.25, 0.3) is 5.91 Å². The Bertz CT molecular complexity index is 1560. The number of carbonyl (C=O) groups excluding carboxylic acids is 1. The summed E-state index contributed by atoms with van der Waals surface area (Å²) in [5, 5.41) is 6.83. The number of amides is 1. The topological polar surface area (TPSA) is 94.9 Å². The van der Waals surface area contributed by atoms with E-state index in [1.165, 1.54) is 11.3 Å². The molecule has 2 atom stereocenters. The predicted molar refractivity (Wildman–Crippen MR) is 147 cm³/mol. The number of likely N-dealkylation sites (tertiary alicyclic amines) is 1. The van der Waals surface area contributed by atoms with E-state index in [0.29, 0.717) is 33.6 Å². The Morgan fingerprint density at radius 2 is 1.89 bits per heavy atom. The largest absolute Gasteiger partial charge is 0.349 e. The molecule has 3 aliphatic rings. The van der Waals surface area contributed by atoms with Gasteiger partial charge in [-0.25, -0.2) is 4.98 Å². The lowest BCUT2D eigenvalue weighted by Gasteiger charge is -2.23. The molecule has 3 aromatic heterocycles. The number of fused-ring (bicyclic) bond motifs is 6. The number of rotatable bonds is 4. The molecule has 4 aromatic rings. The van der Waals surface area contributed by atoms with Gasteiger partial charge in [0.15, 0.2) is 5.65 Å². The molecule has 3 fully saturated rings. The Morgan fingerprint density at radius 1 is 1.14 bits per heavy atom. The van der Waals surface area contributed by atoms with E-state index in [1.54, 1.807) is 6.20 Å². The van der Waals surface area contributed by atoms with Crippen LogP contribution in [0.5, 0.6) is 0 Å². The number of carbonyl (C=O) groups is 1. The SMILES string of the molecule is CCN1CC2CN(c3ncc4c(=O)c(C(=O)NC5CCNCC5)c5sc6ccccc6n5c4n3)CC2C1. The summed E-state index contributed by atoms with van der Waals surface area (Å²) in [6.07, 6.45) is 3.35. The van der Waals surface area contributed by atoms with E-state index in [4.69, 9.17) is 4.98 Å². The first kappa shape index (κ1) is 23.1. The summed E-state index contributed by atoms with van der Waals surface area (Å²) in [6, 6.07) is 8.09. The van der Waals surface area contributed by atoms with Gasteiger partial charge < -0.3 is 20.4 Å². The van der Waals surface area contributed by atoms with Gasteiger partial charge in [0, 0.05) is 38.4 Å². The molecule has 7 rings (SSSR count). The average molecular weight is 518 g/mol. The third-order valence-corrected chi connectivity index (χ3v) is 9.51.